The lowest BCUT2D eigenvalue weighted by molar-refractivity contribution is -0.137. The Bertz CT molecular complexity index is 2110. The lowest BCUT2D eigenvalue weighted by Gasteiger charge is -2.17. The third-order valence-electron chi connectivity index (χ3n) is 8.83. The minimum atomic E-state index is -0.931. The van der Waals surface area contributed by atoms with Crippen LogP contribution in [0.4, 0.5) is 4.79 Å². The van der Waals surface area contributed by atoms with E-state index in [-0.39, 0.29) is 60.4 Å². The van der Waals surface area contributed by atoms with Crippen LogP contribution in [0.1, 0.15) is 59.8 Å². The number of carbonyl (C=O) groups excluding carboxylic acids is 6. The Morgan fingerprint density at radius 1 is 0.552 bits per heavy atom. The van der Waals surface area contributed by atoms with Crippen LogP contribution in [0, 0.1) is 6.92 Å². The molecular formula is C43H38O15. The molecule has 0 radical (unpaired) electrons. The van der Waals surface area contributed by atoms with E-state index in [4.69, 9.17) is 42.6 Å². The second kappa shape index (κ2) is 19.3. The van der Waals surface area contributed by atoms with E-state index in [1.807, 2.05) is 19.1 Å². The van der Waals surface area contributed by atoms with Gasteiger partial charge in [-0.25, -0.2) is 28.8 Å². The molecule has 2 heterocycles. The Labute approximate surface area is 332 Å². The summed E-state index contributed by atoms with van der Waals surface area (Å²) in [6.07, 6.45) is -1.77. The van der Waals surface area contributed by atoms with Crippen molar-refractivity contribution in [3.8, 4) is 17.2 Å². The maximum absolute atomic E-state index is 13.0. The third kappa shape index (κ3) is 10.9. The van der Waals surface area contributed by atoms with E-state index in [0.29, 0.717) is 18.4 Å². The largest absolute Gasteiger partial charge is 0.513 e. The molecule has 2 saturated heterocycles. The Balaban J connectivity index is 0.911. The summed E-state index contributed by atoms with van der Waals surface area (Å²) < 4.78 is 48.7. The van der Waals surface area contributed by atoms with Crippen LogP contribution in [0.2, 0.25) is 0 Å². The maximum Gasteiger partial charge on any atom is 0.513 e. The lowest BCUT2D eigenvalue weighted by atomic mass is 10.1. The second-order valence-electron chi connectivity index (χ2n) is 13.0. The van der Waals surface area contributed by atoms with Gasteiger partial charge in [-0.05, 0) is 105 Å². The lowest BCUT2D eigenvalue weighted by Crippen LogP contribution is -2.36. The third-order valence-corrected chi connectivity index (χ3v) is 8.83. The average molecular weight is 795 g/mol. The standard InChI is InChI=1S/C43H38O15/c1-3-36(44)50-22-4-5-23-51-43(49)56-33-20-14-28(15-21-33)40(46)55-32-18-12-30(13-19-32)42(48)58-35-25-53-37-34(24-52-38(35)37)57-41(47)29-10-16-31(17-11-29)54-39(45)27-8-6-26(2)7-9-27/h3,6-21,34-35,37-38H,1,4-5,22-25H2,2H3/t34-,35-,37?,38?/m0/s1. The van der Waals surface area contributed by atoms with Gasteiger partial charge in [-0.15, -0.1) is 0 Å². The summed E-state index contributed by atoms with van der Waals surface area (Å²) in [6, 6.07) is 24.3. The summed E-state index contributed by atoms with van der Waals surface area (Å²) in [5.41, 5.74) is 1.99. The molecule has 0 aliphatic carbocycles. The Morgan fingerprint density at radius 2 is 0.931 bits per heavy atom. The predicted molar refractivity (Wildman–Crippen MR) is 201 cm³/mol. The fourth-order valence-electron chi connectivity index (χ4n) is 5.76. The molecule has 2 fully saturated rings. The van der Waals surface area contributed by atoms with E-state index in [1.165, 1.54) is 72.8 Å². The van der Waals surface area contributed by atoms with Gasteiger partial charge in [0.25, 0.3) is 0 Å². The summed E-state index contributed by atoms with van der Waals surface area (Å²) in [5.74, 6) is -2.47. The molecule has 15 heteroatoms. The number of fused-ring (bicyclic) bond motifs is 1. The number of rotatable bonds is 15. The van der Waals surface area contributed by atoms with Gasteiger partial charge in [-0.2, -0.15) is 0 Å². The summed E-state index contributed by atoms with van der Waals surface area (Å²) in [4.78, 5) is 74.0. The molecule has 2 aliphatic rings. The minimum Gasteiger partial charge on any atom is -0.463 e. The SMILES string of the molecule is C=CC(=O)OCCCCOC(=O)Oc1ccc(C(=O)Oc2ccc(C(=O)O[C@H]3COC4C3OC[C@@H]4OC(=O)c3ccc(OC(=O)c4ccc(C)cc4)cc3)cc2)cc1. The molecule has 6 rings (SSSR count). The van der Waals surface area contributed by atoms with Gasteiger partial charge in [0.1, 0.15) is 29.5 Å². The van der Waals surface area contributed by atoms with Crippen molar-refractivity contribution >= 4 is 36.0 Å². The van der Waals surface area contributed by atoms with Gasteiger partial charge in [0, 0.05) is 6.08 Å². The molecule has 0 bridgehead atoms. The van der Waals surface area contributed by atoms with Gasteiger partial charge in [0.15, 0.2) is 12.2 Å². The first-order valence-electron chi connectivity index (χ1n) is 18.2. The van der Waals surface area contributed by atoms with Crippen LogP contribution in [0.25, 0.3) is 0 Å². The molecule has 2 unspecified atom stereocenters. The molecule has 0 spiro atoms. The highest BCUT2D eigenvalue weighted by Gasteiger charge is 2.51. The Morgan fingerprint density at radius 3 is 1.36 bits per heavy atom. The number of hydrogen-bond acceptors (Lipinski definition) is 15. The molecule has 4 aromatic carbocycles. The molecule has 15 nitrogen and oxygen atoms in total. The molecule has 0 aromatic heterocycles. The van der Waals surface area contributed by atoms with Crippen LogP contribution in [-0.2, 0) is 33.2 Å². The van der Waals surface area contributed by atoms with Crippen molar-refractivity contribution in [2.24, 2.45) is 0 Å². The maximum atomic E-state index is 13.0. The van der Waals surface area contributed by atoms with Crippen molar-refractivity contribution < 1.29 is 71.4 Å². The number of ether oxygens (including phenoxy) is 9. The van der Waals surface area contributed by atoms with Crippen LogP contribution in [-0.4, -0.2) is 86.8 Å². The Hall–Kier alpha value is -6.84. The van der Waals surface area contributed by atoms with Crippen LogP contribution < -0.4 is 14.2 Å². The number of hydrogen-bond donors (Lipinski definition) is 0. The van der Waals surface area contributed by atoms with Crippen LogP contribution in [0.3, 0.4) is 0 Å². The van der Waals surface area contributed by atoms with E-state index in [9.17, 15) is 28.8 Å². The zero-order valence-electron chi connectivity index (χ0n) is 31.2. The van der Waals surface area contributed by atoms with Crippen molar-refractivity contribution in [3.63, 3.8) is 0 Å². The van der Waals surface area contributed by atoms with E-state index < -0.39 is 60.4 Å². The molecule has 2 aliphatic heterocycles. The summed E-state index contributed by atoms with van der Waals surface area (Å²) in [6.45, 7) is 5.50. The zero-order chi connectivity index (χ0) is 41.0. The minimum absolute atomic E-state index is 0.0213. The summed E-state index contributed by atoms with van der Waals surface area (Å²) >= 11 is 0. The van der Waals surface area contributed by atoms with Gasteiger partial charge in [0.2, 0.25) is 0 Å². The number of unbranched alkanes of at least 4 members (excludes halogenated alkanes) is 1. The summed E-state index contributed by atoms with van der Waals surface area (Å²) in [5, 5.41) is 0. The highest BCUT2D eigenvalue weighted by atomic mass is 16.7. The normalized spacial score (nSPS) is 17.9. The number of benzene rings is 4. The predicted octanol–water partition coefficient (Wildman–Crippen LogP) is 6.01. The molecule has 58 heavy (non-hydrogen) atoms. The topological polar surface area (TPSA) is 185 Å². The monoisotopic (exact) mass is 794 g/mol. The fourth-order valence-corrected chi connectivity index (χ4v) is 5.76. The van der Waals surface area contributed by atoms with E-state index in [2.05, 4.69) is 6.58 Å². The van der Waals surface area contributed by atoms with Crippen molar-refractivity contribution in [1.29, 1.82) is 0 Å². The van der Waals surface area contributed by atoms with Crippen LogP contribution >= 0.6 is 0 Å². The molecule has 4 aromatic rings. The number of aryl methyl sites for hydroxylation is 1. The fraction of sp³-hybridized carbons (Fsp3) is 0.256. The van der Waals surface area contributed by atoms with Gasteiger partial charge in [-0.3, -0.25) is 0 Å². The first kappa shape index (κ1) is 40.8. The van der Waals surface area contributed by atoms with Crippen molar-refractivity contribution in [2.75, 3.05) is 26.4 Å². The molecule has 4 atom stereocenters. The number of carbonyl (C=O) groups is 6. The average Bonchev–Trinajstić information content (AvgIpc) is 3.82. The van der Waals surface area contributed by atoms with Gasteiger partial charge in [0.05, 0.1) is 48.7 Å². The van der Waals surface area contributed by atoms with Gasteiger partial charge in [-0.1, -0.05) is 24.3 Å². The summed E-state index contributed by atoms with van der Waals surface area (Å²) in [7, 11) is 0. The van der Waals surface area contributed by atoms with Crippen molar-refractivity contribution in [1.82, 2.24) is 0 Å². The second-order valence-corrected chi connectivity index (χ2v) is 13.0. The molecule has 0 amide bonds. The van der Waals surface area contributed by atoms with Crippen molar-refractivity contribution in [2.45, 2.75) is 44.2 Å². The van der Waals surface area contributed by atoms with Crippen LogP contribution in [0.5, 0.6) is 17.2 Å². The zero-order valence-corrected chi connectivity index (χ0v) is 31.2. The van der Waals surface area contributed by atoms with E-state index >= 15 is 0 Å². The quantitative estimate of drug-likeness (QED) is 0.0340. The van der Waals surface area contributed by atoms with Crippen molar-refractivity contribution in [3.05, 3.63) is 138 Å². The smallest absolute Gasteiger partial charge is 0.463 e. The molecule has 0 saturated carbocycles. The van der Waals surface area contributed by atoms with Gasteiger partial charge >= 0.3 is 36.0 Å². The first-order valence-corrected chi connectivity index (χ1v) is 18.2. The van der Waals surface area contributed by atoms with Gasteiger partial charge < -0.3 is 42.6 Å². The molecule has 300 valence electrons. The van der Waals surface area contributed by atoms with E-state index in [1.54, 1.807) is 12.1 Å². The molecule has 0 N–H and O–H groups in total. The number of esters is 5. The Kier molecular flexibility index (Phi) is 13.6. The molecular weight excluding hydrogens is 756 g/mol. The highest BCUT2D eigenvalue weighted by molar-refractivity contribution is 5.93. The first-order chi connectivity index (χ1) is 28.1. The van der Waals surface area contributed by atoms with E-state index in [0.717, 1.165) is 11.6 Å². The van der Waals surface area contributed by atoms with Crippen LogP contribution in [0.15, 0.2) is 110 Å². The highest BCUT2D eigenvalue weighted by Crippen LogP contribution is 2.32.